The van der Waals surface area contributed by atoms with Gasteiger partial charge in [0.15, 0.2) is 0 Å². The molecule has 2 aliphatic rings. The summed E-state index contributed by atoms with van der Waals surface area (Å²) in [6, 6.07) is 8.30. The lowest BCUT2D eigenvalue weighted by Crippen LogP contribution is -2.27. The number of hydrazone groups is 1. The molecule has 0 spiro atoms. The number of rotatable bonds is 2. The summed E-state index contributed by atoms with van der Waals surface area (Å²) >= 11 is 0. The van der Waals surface area contributed by atoms with Crippen molar-refractivity contribution in [3.05, 3.63) is 35.4 Å². The summed E-state index contributed by atoms with van der Waals surface area (Å²) in [6.07, 6.45) is 5.57. The molecule has 1 amide bonds. The first-order chi connectivity index (χ1) is 9.24. The number of fused-ring (bicyclic) bond motifs is 1. The molecule has 1 aromatic rings. The summed E-state index contributed by atoms with van der Waals surface area (Å²) < 4.78 is 0. The van der Waals surface area contributed by atoms with Gasteiger partial charge in [0.25, 0.3) is 5.91 Å². The molecule has 3 rings (SSSR count). The molecule has 1 saturated carbocycles. The van der Waals surface area contributed by atoms with Gasteiger partial charge in [-0.3, -0.25) is 4.79 Å². The predicted octanol–water partition coefficient (Wildman–Crippen LogP) is 3.27. The molecule has 1 aliphatic heterocycles. The summed E-state index contributed by atoms with van der Waals surface area (Å²) in [6.45, 7) is 2.69. The Labute approximate surface area is 114 Å². The molecule has 0 aromatic heterocycles. The third-order valence-corrected chi connectivity index (χ3v) is 4.04. The van der Waals surface area contributed by atoms with E-state index in [2.05, 4.69) is 30.2 Å². The van der Waals surface area contributed by atoms with Crippen molar-refractivity contribution in [2.75, 3.05) is 0 Å². The molecule has 1 atom stereocenters. The Hall–Kier alpha value is -1.64. The minimum atomic E-state index is 0.0762. The fourth-order valence-electron chi connectivity index (χ4n) is 3.04. The first-order valence-corrected chi connectivity index (χ1v) is 7.18. The van der Waals surface area contributed by atoms with E-state index in [4.69, 9.17) is 0 Å². The van der Waals surface area contributed by atoms with Gasteiger partial charge in [0.1, 0.15) is 0 Å². The molecular weight excluding hydrogens is 236 g/mol. The maximum absolute atomic E-state index is 12.4. The quantitative estimate of drug-likeness (QED) is 0.799. The number of benzene rings is 1. The van der Waals surface area contributed by atoms with Crippen LogP contribution < -0.4 is 0 Å². The van der Waals surface area contributed by atoms with Crippen LogP contribution in [0.2, 0.25) is 0 Å². The molecule has 1 heterocycles. The van der Waals surface area contributed by atoms with Crippen molar-refractivity contribution in [2.45, 2.75) is 45.6 Å². The number of hydrogen-bond acceptors (Lipinski definition) is 2. The van der Waals surface area contributed by atoms with Crippen molar-refractivity contribution in [3.8, 4) is 0 Å². The molecule has 1 fully saturated rings. The fraction of sp³-hybridized carbons (Fsp3) is 0.500. The zero-order valence-corrected chi connectivity index (χ0v) is 11.4. The van der Waals surface area contributed by atoms with E-state index in [0.717, 1.165) is 30.5 Å². The molecule has 0 saturated heterocycles. The normalized spacial score (nSPS) is 23.0. The summed E-state index contributed by atoms with van der Waals surface area (Å²) in [7, 11) is 0. The molecule has 3 heteroatoms. The van der Waals surface area contributed by atoms with Crippen LogP contribution in [0.5, 0.6) is 0 Å². The van der Waals surface area contributed by atoms with E-state index >= 15 is 0 Å². The zero-order valence-electron chi connectivity index (χ0n) is 11.4. The number of carbonyl (C=O) groups is 1. The molecular formula is C16H20N2O. The van der Waals surface area contributed by atoms with Crippen molar-refractivity contribution < 1.29 is 4.79 Å². The predicted molar refractivity (Wildman–Crippen MR) is 75.7 cm³/mol. The summed E-state index contributed by atoms with van der Waals surface area (Å²) in [5.74, 6) is 0.283. The largest absolute Gasteiger partial charge is 0.272 e. The van der Waals surface area contributed by atoms with Crippen LogP contribution >= 0.6 is 0 Å². The minimum Gasteiger partial charge on any atom is -0.272 e. The number of carbonyl (C=O) groups excluding carboxylic acids is 1. The highest BCUT2D eigenvalue weighted by Gasteiger charge is 2.35. The monoisotopic (exact) mass is 256 g/mol. The molecule has 0 bridgehead atoms. The molecule has 0 radical (unpaired) electrons. The van der Waals surface area contributed by atoms with Crippen LogP contribution in [0.1, 0.15) is 43.2 Å². The Balaban J connectivity index is 1.77. The number of nitrogens with zero attached hydrogens (tertiary/aromatic N) is 2. The summed E-state index contributed by atoms with van der Waals surface area (Å²) in [5, 5.41) is 6.26. The van der Waals surface area contributed by atoms with E-state index in [1.54, 1.807) is 5.01 Å². The maximum Gasteiger partial charge on any atom is 0.251 e. The van der Waals surface area contributed by atoms with Gasteiger partial charge in [-0.25, -0.2) is 5.01 Å². The standard InChI is InChI=1S/C16H20N2O/c1-12-6-5-7-13(10-12)11-18-16(19)14-8-3-2-4-9-15(14)17-18/h5-7,10,14H,2-4,8-9,11H2,1H3. The molecule has 0 N–H and O–H groups in total. The van der Waals surface area contributed by atoms with Crippen LogP contribution in [0.4, 0.5) is 0 Å². The smallest absolute Gasteiger partial charge is 0.251 e. The second kappa shape index (κ2) is 5.16. The van der Waals surface area contributed by atoms with Gasteiger partial charge in [-0.2, -0.15) is 5.10 Å². The number of amides is 1. The maximum atomic E-state index is 12.4. The summed E-state index contributed by atoms with van der Waals surface area (Å²) in [4.78, 5) is 12.4. The summed E-state index contributed by atoms with van der Waals surface area (Å²) in [5.41, 5.74) is 3.51. The molecule has 100 valence electrons. The van der Waals surface area contributed by atoms with Crippen molar-refractivity contribution >= 4 is 11.6 Å². The van der Waals surface area contributed by atoms with Gasteiger partial charge in [0, 0.05) is 0 Å². The number of hydrogen-bond donors (Lipinski definition) is 0. The van der Waals surface area contributed by atoms with E-state index in [1.165, 1.54) is 18.4 Å². The third-order valence-electron chi connectivity index (χ3n) is 4.04. The SMILES string of the molecule is Cc1cccc(CN2N=C3CCCCCC3C2=O)c1. The Kier molecular flexibility index (Phi) is 3.36. The third kappa shape index (κ3) is 2.55. The Morgan fingerprint density at radius 2 is 2.21 bits per heavy atom. The van der Waals surface area contributed by atoms with Crippen LogP contribution in [-0.2, 0) is 11.3 Å². The zero-order chi connectivity index (χ0) is 13.2. The second-order valence-corrected chi connectivity index (χ2v) is 5.63. The fourth-order valence-corrected chi connectivity index (χ4v) is 3.04. The molecule has 1 aliphatic carbocycles. The van der Waals surface area contributed by atoms with Crippen LogP contribution in [0, 0.1) is 12.8 Å². The van der Waals surface area contributed by atoms with E-state index in [1.807, 2.05) is 6.07 Å². The van der Waals surface area contributed by atoms with Gasteiger partial charge < -0.3 is 0 Å². The van der Waals surface area contributed by atoms with Crippen molar-refractivity contribution in [2.24, 2.45) is 11.0 Å². The van der Waals surface area contributed by atoms with Crippen LogP contribution in [0.25, 0.3) is 0 Å². The first kappa shape index (κ1) is 12.4. The lowest BCUT2D eigenvalue weighted by molar-refractivity contribution is -0.132. The van der Waals surface area contributed by atoms with Gasteiger partial charge >= 0.3 is 0 Å². The van der Waals surface area contributed by atoms with Crippen LogP contribution in [0.3, 0.4) is 0 Å². The lowest BCUT2D eigenvalue weighted by Gasteiger charge is -2.14. The highest BCUT2D eigenvalue weighted by molar-refractivity contribution is 6.08. The second-order valence-electron chi connectivity index (χ2n) is 5.63. The van der Waals surface area contributed by atoms with Gasteiger partial charge in [-0.1, -0.05) is 42.7 Å². The molecule has 3 nitrogen and oxygen atoms in total. The van der Waals surface area contributed by atoms with Crippen LogP contribution in [0.15, 0.2) is 29.4 Å². The van der Waals surface area contributed by atoms with E-state index in [9.17, 15) is 4.79 Å². The van der Waals surface area contributed by atoms with Crippen LogP contribution in [-0.4, -0.2) is 16.6 Å². The Morgan fingerprint density at radius 1 is 1.32 bits per heavy atom. The van der Waals surface area contributed by atoms with Gasteiger partial charge in [0.05, 0.1) is 18.2 Å². The van der Waals surface area contributed by atoms with Crippen molar-refractivity contribution in [1.29, 1.82) is 0 Å². The number of aryl methyl sites for hydroxylation is 1. The Bertz CT molecular complexity index is 521. The molecule has 1 unspecified atom stereocenters. The highest BCUT2D eigenvalue weighted by Crippen LogP contribution is 2.29. The molecule has 1 aromatic carbocycles. The van der Waals surface area contributed by atoms with E-state index in [-0.39, 0.29) is 11.8 Å². The van der Waals surface area contributed by atoms with Crippen molar-refractivity contribution in [1.82, 2.24) is 5.01 Å². The lowest BCUT2D eigenvalue weighted by atomic mass is 9.98. The van der Waals surface area contributed by atoms with Crippen molar-refractivity contribution in [3.63, 3.8) is 0 Å². The van der Waals surface area contributed by atoms with Gasteiger partial charge in [-0.05, 0) is 31.7 Å². The minimum absolute atomic E-state index is 0.0762. The Morgan fingerprint density at radius 3 is 3.05 bits per heavy atom. The topological polar surface area (TPSA) is 32.7 Å². The highest BCUT2D eigenvalue weighted by atomic mass is 16.2. The average molecular weight is 256 g/mol. The van der Waals surface area contributed by atoms with E-state index in [0.29, 0.717) is 6.54 Å². The van der Waals surface area contributed by atoms with Gasteiger partial charge in [0.2, 0.25) is 0 Å². The van der Waals surface area contributed by atoms with E-state index < -0.39 is 0 Å². The average Bonchev–Trinajstić information content (AvgIpc) is 2.58. The molecule has 19 heavy (non-hydrogen) atoms. The first-order valence-electron chi connectivity index (χ1n) is 7.18. The van der Waals surface area contributed by atoms with Gasteiger partial charge in [-0.15, -0.1) is 0 Å².